The lowest BCUT2D eigenvalue weighted by atomic mass is 10.1. The van der Waals surface area contributed by atoms with E-state index in [0.717, 1.165) is 12.1 Å². The van der Waals surface area contributed by atoms with Crippen LogP contribution in [0.25, 0.3) is 0 Å². The van der Waals surface area contributed by atoms with E-state index in [-0.39, 0.29) is 11.1 Å². The van der Waals surface area contributed by atoms with Crippen LogP contribution in [0.1, 0.15) is 27.6 Å². The molecule has 0 heterocycles. The monoisotopic (exact) mass is 396 g/mol. The fourth-order valence-electron chi connectivity index (χ4n) is 2.65. The van der Waals surface area contributed by atoms with E-state index in [2.05, 4.69) is 10.6 Å². The fourth-order valence-corrected chi connectivity index (χ4v) is 2.65. The van der Waals surface area contributed by atoms with Crippen molar-refractivity contribution in [3.8, 4) is 5.75 Å². The third-order valence-corrected chi connectivity index (χ3v) is 4.02. The molecule has 0 aromatic heterocycles. The summed E-state index contributed by atoms with van der Waals surface area (Å²) in [6.45, 7) is 2.27. The van der Waals surface area contributed by atoms with Gasteiger partial charge in [-0.3, -0.25) is 9.59 Å². The van der Waals surface area contributed by atoms with E-state index in [1.165, 1.54) is 30.3 Å². The van der Waals surface area contributed by atoms with Crippen LogP contribution in [-0.4, -0.2) is 18.4 Å². The molecule has 0 spiro atoms. The van der Waals surface area contributed by atoms with Crippen molar-refractivity contribution in [2.45, 2.75) is 6.92 Å². The standard InChI is InChI=1S/C22H18F2N2O3/c1-2-29-19-12-4-3-11-18(19)25-21(27)14-7-5-8-15(13-14)22(28)26-20-16(23)9-6-10-17(20)24/h3-13H,2H2,1H3,(H,25,27)(H,26,28). The van der Waals surface area contributed by atoms with E-state index in [4.69, 9.17) is 4.74 Å². The van der Waals surface area contributed by atoms with Gasteiger partial charge in [0.15, 0.2) is 0 Å². The van der Waals surface area contributed by atoms with Crippen molar-refractivity contribution in [2.75, 3.05) is 17.2 Å². The second kappa shape index (κ2) is 8.97. The van der Waals surface area contributed by atoms with Crippen molar-refractivity contribution in [3.05, 3.63) is 89.5 Å². The topological polar surface area (TPSA) is 67.4 Å². The zero-order valence-electron chi connectivity index (χ0n) is 15.5. The summed E-state index contributed by atoms with van der Waals surface area (Å²) in [5, 5.41) is 4.93. The number of hydrogen-bond donors (Lipinski definition) is 2. The maximum Gasteiger partial charge on any atom is 0.255 e. The van der Waals surface area contributed by atoms with E-state index in [0.29, 0.717) is 18.0 Å². The summed E-state index contributed by atoms with van der Waals surface area (Å²) in [6.07, 6.45) is 0. The highest BCUT2D eigenvalue weighted by atomic mass is 19.1. The van der Waals surface area contributed by atoms with Gasteiger partial charge in [-0.25, -0.2) is 8.78 Å². The highest BCUT2D eigenvalue weighted by Gasteiger charge is 2.16. The number of carbonyl (C=O) groups excluding carboxylic acids is 2. The van der Waals surface area contributed by atoms with Crippen molar-refractivity contribution < 1.29 is 23.1 Å². The van der Waals surface area contributed by atoms with Gasteiger partial charge in [-0.1, -0.05) is 24.3 Å². The molecule has 0 unspecified atom stereocenters. The van der Waals surface area contributed by atoms with Crippen LogP contribution >= 0.6 is 0 Å². The maximum absolute atomic E-state index is 13.7. The molecule has 0 radical (unpaired) electrons. The minimum atomic E-state index is -0.889. The van der Waals surface area contributed by atoms with Crippen molar-refractivity contribution >= 4 is 23.2 Å². The summed E-state index contributed by atoms with van der Waals surface area (Å²) in [7, 11) is 0. The highest BCUT2D eigenvalue weighted by Crippen LogP contribution is 2.24. The van der Waals surface area contributed by atoms with Crippen LogP contribution in [0.5, 0.6) is 5.75 Å². The Morgan fingerprint density at radius 1 is 0.828 bits per heavy atom. The lowest BCUT2D eigenvalue weighted by Crippen LogP contribution is -2.17. The van der Waals surface area contributed by atoms with Gasteiger partial charge in [0.1, 0.15) is 23.1 Å². The SMILES string of the molecule is CCOc1ccccc1NC(=O)c1cccc(C(=O)Nc2c(F)cccc2F)c1. The van der Waals surface area contributed by atoms with Crippen molar-refractivity contribution in [3.63, 3.8) is 0 Å². The van der Waals surface area contributed by atoms with Gasteiger partial charge in [0, 0.05) is 11.1 Å². The molecule has 5 nitrogen and oxygen atoms in total. The second-order valence-corrected chi connectivity index (χ2v) is 6.01. The fraction of sp³-hybridized carbons (Fsp3) is 0.0909. The Bertz CT molecular complexity index is 1030. The number of ether oxygens (including phenoxy) is 1. The average molecular weight is 396 g/mol. The van der Waals surface area contributed by atoms with Gasteiger partial charge in [0.25, 0.3) is 11.8 Å². The van der Waals surface area contributed by atoms with Crippen LogP contribution in [0, 0.1) is 11.6 Å². The maximum atomic E-state index is 13.7. The minimum absolute atomic E-state index is 0.0818. The van der Waals surface area contributed by atoms with Crippen LogP contribution in [0.2, 0.25) is 0 Å². The van der Waals surface area contributed by atoms with Crippen LogP contribution in [-0.2, 0) is 0 Å². The average Bonchev–Trinajstić information content (AvgIpc) is 2.72. The number of rotatable bonds is 6. The van der Waals surface area contributed by atoms with E-state index in [1.807, 2.05) is 6.92 Å². The normalized spacial score (nSPS) is 10.3. The molecular weight excluding hydrogens is 378 g/mol. The van der Waals surface area contributed by atoms with E-state index < -0.39 is 29.1 Å². The minimum Gasteiger partial charge on any atom is -0.492 e. The molecule has 0 aliphatic heterocycles. The number of benzene rings is 3. The Morgan fingerprint density at radius 2 is 1.41 bits per heavy atom. The number of hydrogen-bond acceptors (Lipinski definition) is 3. The van der Waals surface area contributed by atoms with E-state index >= 15 is 0 Å². The first-order valence-electron chi connectivity index (χ1n) is 8.88. The number of nitrogens with one attached hydrogen (secondary N) is 2. The predicted molar refractivity (Wildman–Crippen MR) is 106 cm³/mol. The van der Waals surface area contributed by atoms with Crippen molar-refractivity contribution in [2.24, 2.45) is 0 Å². The lowest BCUT2D eigenvalue weighted by Gasteiger charge is -2.12. The predicted octanol–water partition coefficient (Wildman–Crippen LogP) is 4.87. The molecule has 7 heteroatoms. The Morgan fingerprint density at radius 3 is 2.07 bits per heavy atom. The molecule has 3 rings (SSSR count). The molecule has 3 aromatic rings. The van der Waals surface area contributed by atoms with Crippen LogP contribution in [0.4, 0.5) is 20.2 Å². The zero-order valence-corrected chi connectivity index (χ0v) is 15.5. The van der Waals surface area contributed by atoms with Gasteiger partial charge in [-0.15, -0.1) is 0 Å². The molecule has 0 aliphatic rings. The van der Waals surface area contributed by atoms with Gasteiger partial charge >= 0.3 is 0 Å². The van der Waals surface area contributed by atoms with Crippen LogP contribution in [0.3, 0.4) is 0 Å². The first-order chi connectivity index (χ1) is 14.0. The quantitative estimate of drug-likeness (QED) is 0.625. The molecule has 2 amide bonds. The third-order valence-electron chi connectivity index (χ3n) is 4.02. The summed E-state index contributed by atoms with van der Waals surface area (Å²) < 4.78 is 33.0. The Balaban J connectivity index is 1.79. The van der Waals surface area contributed by atoms with Gasteiger partial charge in [-0.2, -0.15) is 0 Å². The summed E-state index contributed by atoms with van der Waals surface area (Å²) in [4.78, 5) is 25.0. The number of halogens is 2. The molecule has 148 valence electrons. The van der Waals surface area contributed by atoms with E-state index in [1.54, 1.807) is 24.3 Å². The van der Waals surface area contributed by atoms with E-state index in [9.17, 15) is 18.4 Å². The van der Waals surface area contributed by atoms with Gasteiger partial charge in [0.05, 0.1) is 12.3 Å². The van der Waals surface area contributed by atoms with Crippen molar-refractivity contribution in [1.29, 1.82) is 0 Å². The first kappa shape index (κ1) is 20.0. The molecule has 2 N–H and O–H groups in total. The molecule has 3 aromatic carbocycles. The Kier molecular flexibility index (Phi) is 6.19. The molecular formula is C22H18F2N2O3. The van der Waals surface area contributed by atoms with Gasteiger partial charge < -0.3 is 15.4 Å². The molecule has 29 heavy (non-hydrogen) atoms. The first-order valence-corrected chi connectivity index (χ1v) is 8.88. The van der Waals surface area contributed by atoms with Gasteiger partial charge in [-0.05, 0) is 49.4 Å². The summed E-state index contributed by atoms with van der Waals surface area (Å²) >= 11 is 0. The molecule has 0 aliphatic carbocycles. The molecule has 0 saturated heterocycles. The van der Waals surface area contributed by atoms with Crippen molar-refractivity contribution in [1.82, 2.24) is 0 Å². The molecule has 0 fully saturated rings. The largest absolute Gasteiger partial charge is 0.492 e. The number of amides is 2. The Labute approximate surface area is 166 Å². The summed E-state index contributed by atoms with van der Waals surface area (Å²) in [5.74, 6) is -2.45. The molecule has 0 bridgehead atoms. The third kappa shape index (κ3) is 4.76. The Hall–Kier alpha value is -3.74. The number of para-hydroxylation sites is 3. The summed E-state index contributed by atoms with van der Waals surface area (Å²) in [6, 6.07) is 16.1. The van der Waals surface area contributed by atoms with Crippen LogP contribution in [0.15, 0.2) is 66.7 Å². The molecule has 0 atom stereocenters. The zero-order chi connectivity index (χ0) is 20.8. The highest BCUT2D eigenvalue weighted by molar-refractivity contribution is 6.09. The van der Waals surface area contributed by atoms with Gasteiger partial charge in [0.2, 0.25) is 0 Å². The molecule has 0 saturated carbocycles. The van der Waals surface area contributed by atoms with Crippen LogP contribution < -0.4 is 15.4 Å². The smallest absolute Gasteiger partial charge is 0.255 e. The number of anilines is 2. The number of carbonyl (C=O) groups is 2. The summed E-state index contributed by atoms with van der Waals surface area (Å²) in [5.41, 5.74) is 0.233. The lowest BCUT2D eigenvalue weighted by molar-refractivity contribution is 0.102. The second-order valence-electron chi connectivity index (χ2n) is 6.01.